The van der Waals surface area contributed by atoms with Gasteiger partial charge in [-0.2, -0.15) is 0 Å². The van der Waals surface area contributed by atoms with Crippen LogP contribution in [0.15, 0.2) is 24.3 Å². The van der Waals surface area contributed by atoms with Crippen LogP contribution in [0.5, 0.6) is 5.75 Å². The first-order valence-electron chi connectivity index (χ1n) is 17.4. The second-order valence-corrected chi connectivity index (χ2v) is 10.9. The maximum Gasteiger partial charge on any atom is 0.303 e. The minimum Gasteiger partial charge on any atom is -0.491 e. The van der Waals surface area contributed by atoms with E-state index in [1.807, 2.05) is 12.1 Å². The summed E-state index contributed by atoms with van der Waals surface area (Å²) in [5.74, 6) is -0.364. The van der Waals surface area contributed by atoms with E-state index in [1.54, 1.807) is 0 Å². The van der Waals surface area contributed by atoms with Crippen LogP contribution in [0.1, 0.15) is 70.3 Å². The molecule has 1 aromatic carbocycles. The van der Waals surface area contributed by atoms with E-state index in [2.05, 4.69) is 24.4 Å². The molecule has 0 spiro atoms. The lowest BCUT2D eigenvalue weighted by molar-refractivity contribution is -0.138. The number of carbonyl (C=O) groups is 2. The van der Waals surface area contributed by atoms with E-state index in [-0.39, 0.29) is 18.7 Å². The summed E-state index contributed by atoms with van der Waals surface area (Å²) in [6.07, 6.45) is 9.54. The van der Waals surface area contributed by atoms with Gasteiger partial charge in [0.15, 0.2) is 0 Å². The number of benzene rings is 1. The molecule has 0 bridgehead atoms. The number of carboxylic acids is 1. The zero-order chi connectivity index (χ0) is 33.9. The molecule has 0 atom stereocenters. The number of amides is 1. The lowest BCUT2D eigenvalue weighted by Crippen LogP contribution is -2.25. The number of unbranched alkanes of at least 4 members (excludes halogenated alkanes) is 5. The van der Waals surface area contributed by atoms with Crippen LogP contribution >= 0.6 is 0 Å². The monoisotopic (exact) mass is 671 g/mol. The largest absolute Gasteiger partial charge is 0.491 e. The van der Waals surface area contributed by atoms with Crippen LogP contribution in [-0.2, 0) is 49.2 Å². The SMILES string of the molecule is CCCCCCCCc1ccc(OCCOCCOCCOCCOCCOCCOCCOCCCNC(=O)CCC(=O)O)cc1. The Morgan fingerprint density at radius 3 is 1.49 bits per heavy atom. The Morgan fingerprint density at radius 2 is 1.00 bits per heavy atom. The van der Waals surface area contributed by atoms with E-state index in [4.69, 9.17) is 43.0 Å². The van der Waals surface area contributed by atoms with Crippen LogP contribution < -0.4 is 10.1 Å². The second kappa shape index (κ2) is 33.6. The lowest BCUT2D eigenvalue weighted by Gasteiger charge is -2.09. The van der Waals surface area contributed by atoms with Crippen molar-refractivity contribution < 1.29 is 52.6 Å². The maximum atomic E-state index is 11.4. The molecule has 0 saturated heterocycles. The first-order valence-corrected chi connectivity index (χ1v) is 17.4. The molecule has 2 N–H and O–H groups in total. The van der Waals surface area contributed by atoms with Crippen LogP contribution in [0.4, 0.5) is 0 Å². The van der Waals surface area contributed by atoms with E-state index in [9.17, 15) is 9.59 Å². The number of hydrogen-bond acceptors (Lipinski definition) is 10. The fourth-order valence-electron chi connectivity index (χ4n) is 4.21. The standard InChI is InChI=1S/C35H61NO11/c1-2-3-4-5-6-7-9-32-10-12-33(13-11-32)47-31-30-46-29-28-45-27-26-44-25-24-43-23-22-42-21-20-41-19-18-40-17-8-16-36-34(37)14-15-35(38)39/h10-13H,2-9,14-31H2,1H3,(H,36,37)(H,38,39). The minimum atomic E-state index is -0.979. The molecule has 12 nitrogen and oxygen atoms in total. The summed E-state index contributed by atoms with van der Waals surface area (Å²) < 4.78 is 44.1. The molecule has 272 valence electrons. The first-order chi connectivity index (χ1) is 23.1. The highest BCUT2D eigenvalue weighted by Crippen LogP contribution is 2.15. The van der Waals surface area contributed by atoms with Crippen molar-refractivity contribution in [3.8, 4) is 5.75 Å². The molecule has 0 radical (unpaired) electrons. The van der Waals surface area contributed by atoms with Crippen molar-refractivity contribution in [3.05, 3.63) is 29.8 Å². The average Bonchev–Trinajstić information content (AvgIpc) is 3.07. The van der Waals surface area contributed by atoms with Gasteiger partial charge < -0.3 is 48.3 Å². The van der Waals surface area contributed by atoms with Gasteiger partial charge in [0.2, 0.25) is 5.91 Å². The Balaban J connectivity index is 1.72. The molecule has 0 aromatic heterocycles. The van der Waals surface area contributed by atoms with Crippen molar-refractivity contribution in [2.45, 2.75) is 71.1 Å². The number of aryl methyl sites for hydroxylation is 1. The quantitative estimate of drug-likeness (QED) is 0.0978. The number of aliphatic carboxylic acids is 1. The zero-order valence-electron chi connectivity index (χ0n) is 28.7. The van der Waals surface area contributed by atoms with Gasteiger partial charge in [-0.05, 0) is 37.0 Å². The van der Waals surface area contributed by atoms with E-state index in [1.165, 1.54) is 44.1 Å². The van der Waals surface area contributed by atoms with Gasteiger partial charge in [-0.15, -0.1) is 0 Å². The molecule has 0 aliphatic rings. The summed E-state index contributed by atoms with van der Waals surface area (Å²) in [7, 11) is 0. The van der Waals surface area contributed by atoms with Gasteiger partial charge in [-0.25, -0.2) is 0 Å². The van der Waals surface area contributed by atoms with Crippen LogP contribution in [0.25, 0.3) is 0 Å². The Labute approximate surface area is 282 Å². The molecule has 12 heteroatoms. The van der Waals surface area contributed by atoms with Crippen LogP contribution in [-0.4, -0.2) is 123 Å². The fourth-order valence-corrected chi connectivity index (χ4v) is 4.21. The van der Waals surface area contributed by atoms with Gasteiger partial charge in [0.25, 0.3) is 0 Å². The summed E-state index contributed by atoms with van der Waals surface area (Å²) in [6.45, 7) is 10.1. The van der Waals surface area contributed by atoms with Crippen molar-refractivity contribution in [3.63, 3.8) is 0 Å². The molecule has 0 heterocycles. The number of nitrogens with one attached hydrogen (secondary N) is 1. The molecular weight excluding hydrogens is 610 g/mol. The second-order valence-electron chi connectivity index (χ2n) is 10.9. The Morgan fingerprint density at radius 1 is 0.553 bits per heavy atom. The van der Waals surface area contributed by atoms with E-state index < -0.39 is 5.97 Å². The molecule has 47 heavy (non-hydrogen) atoms. The third kappa shape index (κ3) is 30.7. The molecule has 0 unspecified atom stereocenters. The summed E-state index contributed by atoms with van der Waals surface area (Å²) in [6, 6.07) is 8.40. The number of rotatable bonds is 36. The molecule has 1 amide bonds. The number of carbonyl (C=O) groups excluding carboxylic acids is 1. The molecule has 1 rings (SSSR count). The molecule has 1 aromatic rings. The van der Waals surface area contributed by atoms with E-state index >= 15 is 0 Å². The van der Waals surface area contributed by atoms with Gasteiger partial charge >= 0.3 is 5.97 Å². The normalized spacial score (nSPS) is 11.2. The van der Waals surface area contributed by atoms with Crippen molar-refractivity contribution >= 4 is 11.9 Å². The van der Waals surface area contributed by atoms with Gasteiger partial charge in [0, 0.05) is 19.6 Å². The number of carboxylic acid groups (broad SMARTS) is 1. The van der Waals surface area contributed by atoms with E-state index in [0.717, 1.165) is 12.2 Å². The Bertz CT molecular complexity index is 841. The van der Waals surface area contributed by atoms with Crippen LogP contribution in [0.3, 0.4) is 0 Å². The van der Waals surface area contributed by atoms with Crippen LogP contribution in [0, 0.1) is 0 Å². The first kappa shape index (κ1) is 42.7. The maximum absolute atomic E-state index is 11.4. The average molecular weight is 672 g/mol. The van der Waals surface area contributed by atoms with Crippen molar-refractivity contribution in [1.29, 1.82) is 0 Å². The van der Waals surface area contributed by atoms with Crippen molar-refractivity contribution in [2.75, 3.05) is 106 Å². The third-order valence-electron chi connectivity index (χ3n) is 6.82. The molecule has 0 aliphatic heterocycles. The Hall–Kier alpha value is -2.32. The Kier molecular flexibility index (Phi) is 30.5. The summed E-state index contributed by atoms with van der Waals surface area (Å²) in [5, 5.41) is 11.2. The third-order valence-corrected chi connectivity index (χ3v) is 6.82. The highest BCUT2D eigenvalue weighted by Gasteiger charge is 2.04. The van der Waals surface area contributed by atoms with Gasteiger partial charge in [0.1, 0.15) is 12.4 Å². The molecule has 0 saturated carbocycles. The topological polar surface area (TPSA) is 140 Å². The van der Waals surface area contributed by atoms with Crippen molar-refractivity contribution in [1.82, 2.24) is 5.32 Å². The summed E-state index contributed by atoms with van der Waals surface area (Å²) in [4.78, 5) is 21.8. The number of ether oxygens (including phenoxy) is 8. The smallest absolute Gasteiger partial charge is 0.303 e. The highest BCUT2D eigenvalue weighted by molar-refractivity contribution is 5.80. The minimum absolute atomic E-state index is 0.00612. The summed E-state index contributed by atoms with van der Waals surface area (Å²) >= 11 is 0. The molecular formula is C35H61NO11. The van der Waals surface area contributed by atoms with Crippen molar-refractivity contribution in [2.24, 2.45) is 0 Å². The highest BCUT2D eigenvalue weighted by atomic mass is 16.6. The van der Waals surface area contributed by atoms with Gasteiger partial charge in [-0.3, -0.25) is 9.59 Å². The predicted molar refractivity (Wildman–Crippen MR) is 179 cm³/mol. The van der Waals surface area contributed by atoms with E-state index in [0.29, 0.717) is 112 Å². The molecule has 0 fully saturated rings. The predicted octanol–water partition coefficient (Wildman–Crippen LogP) is 4.46. The van der Waals surface area contributed by atoms with Crippen LogP contribution in [0.2, 0.25) is 0 Å². The number of hydrogen-bond donors (Lipinski definition) is 2. The zero-order valence-corrected chi connectivity index (χ0v) is 28.7. The van der Waals surface area contributed by atoms with Gasteiger partial charge in [0.05, 0.1) is 92.3 Å². The van der Waals surface area contributed by atoms with Gasteiger partial charge in [-0.1, -0.05) is 51.2 Å². The molecule has 0 aliphatic carbocycles. The lowest BCUT2D eigenvalue weighted by atomic mass is 10.0. The fraction of sp³-hybridized carbons (Fsp3) is 0.771. The summed E-state index contributed by atoms with van der Waals surface area (Å²) in [5.41, 5.74) is 1.37.